The molecule has 0 saturated carbocycles. The highest BCUT2D eigenvalue weighted by molar-refractivity contribution is 5.85. The van der Waals surface area contributed by atoms with Crippen LogP contribution in [0.15, 0.2) is 48.9 Å². The minimum atomic E-state index is 0. The Balaban J connectivity index is 0.00000113. The van der Waals surface area contributed by atoms with Crippen molar-refractivity contribution in [3.8, 4) is 0 Å². The monoisotopic (exact) mass is 379 g/mol. The summed E-state index contributed by atoms with van der Waals surface area (Å²) >= 11 is 0. The van der Waals surface area contributed by atoms with Gasteiger partial charge in [-0.2, -0.15) is 0 Å². The molecule has 4 heterocycles. The highest BCUT2D eigenvalue weighted by Crippen LogP contribution is 2.23. The van der Waals surface area contributed by atoms with Gasteiger partial charge in [0.05, 0.1) is 5.69 Å². The molecule has 0 amide bonds. The Morgan fingerprint density at radius 2 is 2.08 bits per heavy atom. The molecular weight excluding hydrogens is 357 g/mol. The van der Waals surface area contributed by atoms with Crippen LogP contribution in [-0.2, 0) is 6.54 Å². The Hall–Kier alpha value is -1.66. The Bertz CT molecular complexity index is 806. The Kier molecular flexibility index (Phi) is 6.79. The third-order valence-electron chi connectivity index (χ3n) is 4.53. The summed E-state index contributed by atoms with van der Waals surface area (Å²) in [6, 6.07) is 10.8. The number of halogens is 2. The van der Waals surface area contributed by atoms with E-state index < -0.39 is 0 Å². The van der Waals surface area contributed by atoms with Crippen molar-refractivity contribution in [2.24, 2.45) is 0 Å². The van der Waals surface area contributed by atoms with Crippen molar-refractivity contribution in [2.45, 2.75) is 19.5 Å². The lowest BCUT2D eigenvalue weighted by Gasteiger charge is -2.35. The third kappa shape index (κ3) is 4.12. The van der Waals surface area contributed by atoms with E-state index in [1.165, 1.54) is 11.3 Å². The molecule has 3 aromatic rings. The maximum absolute atomic E-state index is 4.78. The summed E-state index contributed by atoms with van der Waals surface area (Å²) in [4.78, 5) is 11.5. The second-order valence-corrected chi connectivity index (χ2v) is 6.10. The van der Waals surface area contributed by atoms with Crippen molar-refractivity contribution in [3.63, 3.8) is 0 Å². The van der Waals surface area contributed by atoms with Crippen LogP contribution in [-0.4, -0.2) is 38.9 Å². The lowest BCUT2D eigenvalue weighted by Crippen LogP contribution is -2.45. The fourth-order valence-corrected chi connectivity index (χ4v) is 3.32. The summed E-state index contributed by atoms with van der Waals surface area (Å²) in [5, 5.41) is 3.49. The van der Waals surface area contributed by atoms with Gasteiger partial charge in [0.2, 0.25) is 0 Å². The summed E-state index contributed by atoms with van der Waals surface area (Å²) in [5.41, 5.74) is 4.62. The number of rotatable bonds is 3. The average Bonchev–Trinajstić information content (AvgIpc) is 3.00. The van der Waals surface area contributed by atoms with E-state index in [0.29, 0.717) is 6.04 Å². The van der Waals surface area contributed by atoms with Crippen molar-refractivity contribution in [3.05, 3.63) is 65.9 Å². The number of pyridine rings is 2. The van der Waals surface area contributed by atoms with Crippen LogP contribution in [0.25, 0.3) is 5.65 Å². The third-order valence-corrected chi connectivity index (χ3v) is 4.53. The SMILES string of the molecule is Cc1cccc2nc(CN3CCNCC3c3cccnc3)cn12.Cl.Cl. The Morgan fingerprint density at radius 1 is 1.20 bits per heavy atom. The van der Waals surface area contributed by atoms with Gasteiger partial charge in [0, 0.05) is 56.5 Å². The van der Waals surface area contributed by atoms with E-state index in [9.17, 15) is 0 Å². The zero-order chi connectivity index (χ0) is 15.6. The van der Waals surface area contributed by atoms with Gasteiger partial charge in [-0.05, 0) is 30.7 Å². The van der Waals surface area contributed by atoms with E-state index >= 15 is 0 Å². The molecule has 1 aliphatic rings. The first-order valence-electron chi connectivity index (χ1n) is 8.09. The second kappa shape index (κ2) is 8.63. The topological polar surface area (TPSA) is 45.5 Å². The fourth-order valence-electron chi connectivity index (χ4n) is 3.32. The molecule has 0 radical (unpaired) electrons. The van der Waals surface area contributed by atoms with Gasteiger partial charge in [0.15, 0.2) is 0 Å². The van der Waals surface area contributed by atoms with Gasteiger partial charge >= 0.3 is 0 Å². The molecular formula is C18H23Cl2N5. The first kappa shape index (κ1) is 19.7. The molecule has 1 N–H and O–H groups in total. The van der Waals surface area contributed by atoms with Gasteiger partial charge in [0.25, 0.3) is 0 Å². The molecule has 0 aromatic carbocycles. The first-order chi connectivity index (χ1) is 11.3. The van der Waals surface area contributed by atoms with Crippen LogP contribution in [0.3, 0.4) is 0 Å². The predicted octanol–water partition coefficient (Wildman–Crippen LogP) is 3.03. The van der Waals surface area contributed by atoms with E-state index in [-0.39, 0.29) is 24.8 Å². The number of aromatic nitrogens is 3. The molecule has 134 valence electrons. The number of aryl methyl sites for hydroxylation is 1. The van der Waals surface area contributed by atoms with Crippen LogP contribution in [0.2, 0.25) is 0 Å². The number of hydrogen-bond acceptors (Lipinski definition) is 4. The molecule has 25 heavy (non-hydrogen) atoms. The summed E-state index contributed by atoms with van der Waals surface area (Å²) in [7, 11) is 0. The van der Waals surface area contributed by atoms with E-state index in [4.69, 9.17) is 4.98 Å². The van der Waals surface area contributed by atoms with Gasteiger partial charge in [-0.25, -0.2) is 4.98 Å². The molecule has 1 fully saturated rings. The maximum Gasteiger partial charge on any atom is 0.137 e. The van der Waals surface area contributed by atoms with Crippen LogP contribution in [0.5, 0.6) is 0 Å². The summed E-state index contributed by atoms with van der Waals surface area (Å²) < 4.78 is 2.16. The molecule has 1 aliphatic heterocycles. The molecule has 5 nitrogen and oxygen atoms in total. The summed E-state index contributed by atoms with van der Waals surface area (Å²) in [6.45, 7) is 5.97. The minimum Gasteiger partial charge on any atom is -0.314 e. The first-order valence-corrected chi connectivity index (χ1v) is 8.09. The van der Waals surface area contributed by atoms with E-state index in [0.717, 1.165) is 37.5 Å². The smallest absolute Gasteiger partial charge is 0.137 e. The van der Waals surface area contributed by atoms with Gasteiger partial charge in [-0.1, -0.05) is 12.1 Å². The normalized spacial score (nSPS) is 17.7. The molecule has 1 saturated heterocycles. The zero-order valence-electron chi connectivity index (χ0n) is 14.1. The van der Waals surface area contributed by atoms with Crippen molar-refractivity contribution in [2.75, 3.05) is 19.6 Å². The molecule has 4 rings (SSSR count). The average molecular weight is 380 g/mol. The predicted molar refractivity (Wildman–Crippen MR) is 105 cm³/mol. The highest BCUT2D eigenvalue weighted by atomic mass is 35.5. The molecule has 7 heteroatoms. The van der Waals surface area contributed by atoms with E-state index in [1.54, 1.807) is 0 Å². The van der Waals surface area contributed by atoms with Crippen LogP contribution in [0.4, 0.5) is 0 Å². The fraction of sp³-hybridized carbons (Fsp3) is 0.333. The van der Waals surface area contributed by atoms with Crippen molar-refractivity contribution in [1.82, 2.24) is 24.6 Å². The van der Waals surface area contributed by atoms with Crippen LogP contribution >= 0.6 is 24.8 Å². The van der Waals surface area contributed by atoms with Crippen molar-refractivity contribution < 1.29 is 0 Å². The summed E-state index contributed by atoms with van der Waals surface area (Å²) in [6.07, 6.45) is 5.96. The Labute approximate surface area is 160 Å². The molecule has 3 aromatic heterocycles. The van der Waals surface area contributed by atoms with Gasteiger partial charge in [-0.3, -0.25) is 9.88 Å². The molecule has 1 atom stereocenters. The van der Waals surface area contributed by atoms with Crippen molar-refractivity contribution in [1.29, 1.82) is 0 Å². The van der Waals surface area contributed by atoms with Gasteiger partial charge in [-0.15, -0.1) is 24.8 Å². The number of hydrogen-bond donors (Lipinski definition) is 1. The lowest BCUT2D eigenvalue weighted by molar-refractivity contribution is 0.152. The zero-order valence-corrected chi connectivity index (χ0v) is 15.8. The molecule has 0 bridgehead atoms. The van der Waals surface area contributed by atoms with E-state index in [1.807, 2.05) is 18.5 Å². The van der Waals surface area contributed by atoms with E-state index in [2.05, 4.69) is 57.0 Å². The quantitative estimate of drug-likeness (QED) is 0.759. The highest BCUT2D eigenvalue weighted by Gasteiger charge is 2.24. The van der Waals surface area contributed by atoms with Crippen LogP contribution in [0.1, 0.15) is 23.0 Å². The minimum absolute atomic E-state index is 0. The summed E-state index contributed by atoms with van der Waals surface area (Å²) in [5.74, 6) is 0. The number of fused-ring (bicyclic) bond motifs is 1. The Morgan fingerprint density at radius 3 is 2.84 bits per heavy atom. The number of imidazole rings is 1. The standard InChI is InChI=1S/C18H21N5.2ClH/c1-14-4-2-6-18-21-16(13-23(14)18)12-22-9-8-20-11-17(22)15-5-3-7-19-10-15;;/h2-7,10,13,17,20H,8-9,11-12H2,1H3;2*1H. The lowest BCUT2D eigenvalue weighted by atomic mass is 10.1. The number of nitrogens with zero attached hydrogens (tertiary/aromatic N) is 4. The molecule has 1 unspecified atom stereocenters. The number of nitrogens with one attached hydrogen (secondary N) is 1. The largest absolute Gasteiger partial charge is 0.314 e. The van der Waals surface area contributed by atoms with Gasteiger partial charge < -0.3 is 9.72 Å². The maximum atomic E-state index is 4.78. The molecule has 0 spiro atoms. The van der Waals surface area contributed by atoms with Crippen LogP contribution in [0, 0.1) is 6.92 Å². The van der Waals surface area contributed by atoms with Crippen LogP contribution < -0.4 is 5.32 Å². The second-order valence-electron chi connectivity index (χ2n) is 6.10. The van der Waals surface area contributed by atoms with Gasteiger partial charge in [0.1, 0.15) is 5.65 Å². The molecule has 0 aliphatic carbocycles. The van der Waals surface area contributed by atoms with Crippen molar-refractivity contribution >= 4 is 30.5 Å². The number of piperazine rings is 1.